The highest BCUT2D eigenvalue weighted by atomic mass is 79.9. The number of halogens is 1. The second-order valence-electron chi connectivity index (χ2n) is 4.14. The summed E-state index contributed by atoms with van der Waals surface area (Å²) in [7, 11) is 0. The van der Waals surface area contributed by atoms with Gasteiger partial charge >= 0.3 is 0 Å². The first-order valence-corrected chi connectivity index (χ1v) is 6.53. The molecule has 0 heterocycles. The minimum atomic E-state index is -0.148. The lowest BCUT2D eigenvalue weighted by Crippen LogP contribution is -2.13. The third kappa shape index (κ3) is 3.33. The van der Waals surface area contributed by atoms with Crippen molar-refractivity contribution in [2.45, 2.75) is 6.92 Å². The molecule has 2 aromatic rings. The number of aryl methyl sites for hydroxylation is 1. The summed E-state index contributed by atoms with van der Waals surface area (Å²) in [5, 5.41) is 2.84. The third-order valence-corrected chi connectivity index (χ3v) is 3.22. The lowest BCUT2D eigenvalue weighted by Gasteiger charge is -2.09. The largest absolute Gasteiger partial charge is 0.324 e. The van der Waals surface area contributed by atoms with Crippen molar-refractivity contribution in [3.63, 3.8) is 0 Å². The maximum Gasteiger partial charge on any atom is 0.255 e. The predicted octanol–water partition coefficient (Wildman–Crippen LogP) is 3.30. The van der Waals surface area contributed by atoms with Crippen LogP contribution in [0, 0.1) is 6.92 Å². The van der Waals surface area contributed by atoms with Gasteiger partial charge < -0.3 is 10.7 Å². The van der Waals surface area contributed by atoms with Gasteiger partial charge in [-0.3, -0.25) is 10.6 Å². The van der Waals surface area contributed by atoms with Crippen molar-refractivity contribution >= 4 is 33.2 Å². The van der Waals surface area contributed by atoms with Crippen LogP contribution in [-0.2, 0) is 0 Å². The van der Waals surface area contributed by atoms with E-state index in [1.807, 2.05) is 31.2 Å². The van der Waals surface area contributed by atoms with Crippen LogP contribution in [0.2, 0.25) is 0 Å². The fourth-order valence-electron chi connectivity index (χ4n) is 1.74. The number of carbonyl (C=O) groups excluding carboxylic acids is 1. The molecule has 2 aromatic carbocycles. The highest BCUT2D eigenvalue weighted by Gasteiger charge is 2.08. The highest BCUT2D eigenvalue weighted by molar-refractivity contribution is 9.10. The maximum atomic E-state index is 12.1. The number of anilines is 2. The van der Waals surface area contributed by atoms with Gasteiger partial charge in [0.15, 0.2) is 0 Å². The Kier molecular flexibility index (Phi) is 4.19. The van der Waals surface area contributed by atoms with E-state index in [9.17, 15) is 4.79 Å². The molecule has 0 aliphatic carbocycles. The molecule has 1 amide bonds. The van der Waals surface area contributed by atoms with Gasteiger partial charge in [0.25, 0.3) is 5.91 Å². The number of hydrogen-bond donors (Lipinski definition) is 3. The molecule has 19 heavy (non-hydrogen) atoms. The molecule has 0 fully saturated rings. The molecular weight excluding hydrogens is 306 g/mol. The van der Waals surface area contributed by atoms with Crippen LogP contribution in [-0.4, -0.2) is 5.91 Å². The summed E-state index contributed by atoms with van der Waals surface area (Å²) in [4.78, 5) is 12.1. The minimum absolute atomic E-state index is 0.148. The lowest BCUT2D eigenvalue weighted by molar-refractivity contribution is 0.102. The molecule has 0 radical (unpaired) electrons. The van der Waals surface area contributed by atoms with Gasteiger partial charge in [-0.05, 0) is 48.9 Å². The fraction of sp³-hybridized carbons (Fsp3) is 0.0714. The summed E-state index contributed by atoms with van der Waals surface area (Å²) in [6.45, 7) is 1.89. The Morgan fingerprint density at radius 2 is 2.00 bits per heavy atom. The Bertz CT molecular complexity index is 613. The van der Waals surface area contributed by atoms with Gasteiger partial charge in [0.2, 0.25) is 0 Å². The minimum Gasteiger partial charge on any atom is -0.324 e. The van der Waals surface area contributed by atoms with Crippen LogP contribution < -0.4 is 16.6 Å². The number of benzene rings is 2. The van der Waals surface area contributed by atoms with Crippen molar-refractivity contribution in [1.82, 2.24) is 0 Å². The summed E-state index contributed by atoms with van der Waals surface area (Å²) in [5.41, 5.74) is 5.65. The number of nitrogens with one attached hydrogen (secondary N) is 2. The third-order valence-electron chi connectivity index (χ3n) is 2.73. The van der Waals surface area contributed by atoms with Gasteiger partial charge in [-0.15, -0.1) is 0 Å². The van der Waals surface area contributed by atoms with Crippen molar-refractivity contribution in [3.8, 4) is 0 Å². The molecule has 0 bridgehead atoms. The molecule has 0 atom stereocenters. The lowest BCUT2D eigenvalue weighted by atomic mass is 10.1. The predicted molar refractivity (Wildman–Crippen MR) is 81.1 cm³/mol. The van der Waals surface area contributed by atoms with Crippen LogP contribution in [0.1, 0.15) is 15.9 Å². The zero-order valence-electron chi connectivity index (χ0n) is 10.4. The molecule has 0 aliphatic heterocycles. The van der Waals surface area contributed by atoms with E-state index < -0.39 is 0 Å². The van der Waals surface area contributed by atoms with E-state index in [2.05, 4.69) is 26.7 Å². The maximum absolute atomic E-state index is 12.1. The molecule has 0 aromatic heterocycles. The SMILES string of the molecule is Cc1cc(C(=O)Nc2cccc(Br)c2)ccc1NN. The standard InChI is InChI=1S/C14H14BrN3O/c1-9-7-10(5-6-13(9)18-16)14(19)17-12-4-2-3-11(15)8-12/h2-8,18H,16H2,1H3,(H,17,19). The molecule has 4 N–H and O–H groups in total. The Labute approximate surface area is 120 Å². The van der Waals surface area contributed by atoms with Gasteiger partial charge in [-0.1, -0.05) is 22.0 Å². The number of carbonyl (C=O) groups is 1. The zero-order chi connectivity index (χ0) is 13.8. The average Bonchev–Trinajstić information content (AvgIpc) is 2.38. The van der Waals surface area contributed by atoms with Gasteiger partial charge in [-0.25, -0.2) is 0 Å². The molecule has 0 saturated heterocycles. The molecule has 0 aliphatic rings. The number of rotatable bonds is 3. The monoisotopic (exact) mass is 319 g/mol. The molecule has 2 rings (SSSR count). The van der Waals surface area contributed by atoms with Crippen molar-refractivity contribution in [3.05, 3.63) is 58.1 Å². The quantitative estimate of drug-likeness (QED) is 0.600. The number of hydrogen-bond acceptors (Lipinski definition) is 3. The van der Waals surface area contributed by atoms with E-state index in [1.54, 1.807) is 18.2 Å². The zero-order valence-corrected chi connectivity index (χ0v) is 12.0. The molecule has 0 spiro atoms. The van der Waals surface area contributed by atoms with Gasteiger partial charge in [0, 0.05) is 15.7 Å². The second kappa shape index (κ2) is 5.86. The van der Waals surface area contributed by atoms with Crippen LogP contribution in [0.25, 0.3) is 0 Å². The number of nitrogen functional groups attached to an aromatic ring is 1. The van der Waals surface area contributed by atoms with E-state index in [4.69, 9.17) is 5.84 Å². The van der Waals surface area contributed by atoms with Crippen molar-refractivity contribution < 1.29 is 4.79 Å². The fourth-order valence-corrected chi connectivity index (χ4v) is 2.14. The number of amides is 1. The van der Waals surface area contributed by atoms with E-state index in [-0.39, 0.29) is 5.91 Å². The summed E-state index contributed by atoms with van der Waals surface area (Å²) in [6.07, 6.45) is 0. The van der Waals surface area contributed by atoms with Crippen LogP contribution in [0.15, 0.2) is 46.9 Å². The van der Waals surface area contributed by atoms with Crippen LogP contribution in [0.4, 0.5) is 11.4 Å². The molecule has 4 nitrogen and oxygen atoms in total. The van der Waals surface area contributed by atoms with Gasteiger partial charge in [-0.2, -0.15) is 0 Å². The van der Waals surface area contributed by atoms with Crippen molar-refractivity contribution in [2.75, 3.05) is 10.7 Å². The summed E-state index contributed by atoms with van der Waals surface area (Å²) in [5.74, 6) is 5.21. The average molecular weight is 320 g/mol. The van der Waals surface area contributed by atoms with E-state index in [1.165, 1.54) is 0 Å². The Morgan fingerprint density at radius 3 is 2.63 bits per heavy atom. The Morgan fingerprint density at radius 1 is 1.21 bits per heavy atom. The molecular formula is C14H14BrN3O. The number of hydrazine groups is 1. The van der Waals surface area contributed by atoms with Gasteiger partial charge in [0.1, 0.15) is 0 Å². The van der Waals surface area contributed by atoms with E-state index >= 15 is 0 Å². The molecule has 0 unspecified atom stereocenters. The molecule has 98 valence electrons. The second-order valence-corrected chi connectivity index (χ2v) is 5.05. The first kappa shape index (κ1) is 13.6. The van der Waals surface area contributed by atoms with Crippen LogP contribution >= 0.6 is 15.9 Å². The molecule has 5 heteroatoms. The number of nitrogens with two attached hydrogens (primary N) is 1. The highest BCUT2D eigenvalue weighted by Crippen LogP contribution is 2.18. The Balaban J connectivity index is 2.18. The summed E-state index contributed by atoms with van der Waals surface area (Å²) >= 11 is 3.37. The summed E-state index contributed by atoms with van der Waals surface area (Å²) < 4.78 is 0.921. The summed E-state index contributed by atoms with van der Waals surface area (Å²) in [6, 6.07) is 12.8. The van der Waals surface area contributed by atoms with Crippen molar-refractivity contribution in [1.29, 1.82) is 0 Å². The molecule has 0 saturated carbocycles. The first-order valence-electron chi connectivity index (χ1n) is 5.74. The topological polar surface area (TPSA) is 67.2 Å². The normalized spacial score (nSPS) is 10.1. The van der Waals surface area contributed by atoms with E-state index in [0.29, 0.717) is 5.56 Å². The Hall–Kier alpha value is -1.85. The van der Waals surface area contributed by atoms with E-state index in [0.717, 1.165) is 21.4 Å². The first-order chi connectivity index (χ1) is 9.10. The van der Waals surface area contributed by atoms with Crippen molar-refractivity contribution in [2.24, 2.45) is 5.84 Å². The van der Waals surface area contributed by atoms with Gasteiger partial charge in [0.05, 0.1) is 5.69 Å². The van der Waals surface area contributed by atoms with Crippen LogP contribution in [0.5, 0.6) is 0 Å². The smallest absolute Gasteiger partial charge is 0.255 e. The van der Waals surface area contributed by atoms with Crippen LogP contribution in [0.3, 0.4) is 0 Å².